The van der Waals surface area contributed by atoms with Gasteiger partial charge in [-0.3, -0.25) is 4.79 Å². The zero-order valence-electron chi connectivity index (χ0n) is 19.5. The van der Waals surface area contributed by atoms with Gasteiger partial charge in [0.05, 0.1) is 18.4 Å². The van der Waals surface area contributed by atoms with Crippen molar-refractivity contribution in [3.05, 3.63) is 76.9 Å². The Kier molecular flexibility index (Phi) is 6.08. The fourth-order valence-electron chi connectivity index (χ4n) is 5.23. The van der Waals surface area contributed by atoms with E-state index in [9.17, 15) is 15.0 Å². The Bertz CT molecular complexity index is 1120. The van der Waals surface area contributed by atoms with Crippen LogP contribution in [0.15, 0.2) is 60.2 Å². The quantitative estimate of drug-likeness (QED) is 0.580. The molecule has 4 rings (SSSR count). The largest absolute Gasteiger partial charge is 0.507 e. The molecule has 0 radical (unpaired) electrons. The van der Waals surface area contributed by atoms with Crippen LogP contribution in [0.5, 0.6) is 11.5 Å². The summed E-state index contributed by atoms with van der Waals surface area (Å²) in [4.78, 5) is 12.9. The molecule has 33 heavy (non-hydrogen) atoms. The van der Waals surface area contributed by atoms with Crippen molar-refractivity contribution in [2.24, 2.45) is 5.92 Å². The summed E-state index contributed by atoms with van der Waals surface area (Å²) < 4.78 is 10.7. The Labute approximate surface area is 194 Å². The van der Waals surface area contributed by atoms with Crippen LogP contribution in [0.1, 0.15) is 49.3 Å². The third-order valence-electron chi connectivity index (χ3n) is 6.97. The number of carbonyl (C=O) groups is 1. The molecule has 1 amide bonds. The van der Waals surface area contributed by atoms with E-state index in [0.717, 1.165) is 18.4 Å². The molecular weight excluding hydrogens is 418 g/mol. The maximum atomic E-state index is 12.9. The predicted octanol–water partition coefficient (Wildman–Crippen LogP) is 4.62. The molecule has 174 valence electrons. The number of nitrogens with one attached hydrogen (secondary N) is 1. The molecule has 1 aliphatic heterocycles. The van der Waals surface area contributed by atoms with Crippen LogP contribution < -0.4 is 10.1 Å². The number of hydrogen-bond acceptors (Lipinski definition) is 5. The number of anilines is 1. The zero-order chi connectivity index (χ0) is 23.9. The van der Waals surface area contributed by atoms with E-state index in [1.165, 1.54) is 12.7 Å². The Hall–Kier alpha value is -3.09. The van der Waals surface area contributed by atoms with Gasteiger partial charge in [0, 0.05) is 18.6 Å². The minimum Gasteiger partial charge on any atom is -0.507 e. The number of aromatic hydroxyl groups is 1. The van der Waals surface area contributed by atoms with Crippen molar-refractivity contribution in [1.82, 2.24) is 0 Å². The van der Waals surface area contributed by atoms with Crippen LogP contribution in [-0.2, 0) is 15.1 Å². The monoisotopic (exact) mass is 449 g/mol. The Morgan fingerprint density at radius 1 is 1.18 bits per heavy atom. The van der Waals surface area contributed by atoms with Crippen molar-refractivity contribution >= 4 is 11.6 Å². The molecule has 2 aliphatic rings. The number of phenols is 1. The van der Waals surface area contributed by atoms with Crippen molar-refractivity contribution < 1.29 is 24.5 Å². The van der Waals surface area contributed by atoms with Gasteiger partial charge in [0.25, 0.3) is 5.91 Å². The number of hydrogen-bond donors (Lipinski definition) is 3. The number of methoxy groups -OCH3 is 2. The van der Waals surface area contributed by atoms with Crippen LogP contribution in [0.3, 0.4) is 0 Å². The van der Waals surface area contributed by atoms with Crippen LogP contribution >= 0.6 is 0 Å². The fourth-order valence-corrected chi connectivity index (χ4v) is 5.23. The second-order valence-corrected chi connectivity index (χ2v) is 9.06. The number of carbonyl (C=O) groups excluding carboxylic acids is 1. The molecule has 6 heteroatoms. The lowest BCUT2D eigenvalue weighted by molar-refractivity contribution is -0.142. The molecule has 1 aliphatic carbocycles. The van der Waals surface area contributed by atoms with E-state index in [2.05, 4.69) is 24.9 Å². The number of allylic oxidation sites excluding steroid dienone is 3. The molecule has 2 aromatic carbocycles. The van der Waals surface area contributed by atoms with Crippen LogP contribution in [0.4, 0.5) is 5.69 Å². The zero-order valence-corrected chi connectivity index (χ0v) is 19.5. The number of aliphatic hydroxyl groups is 1. The molecule has 0 unspecified atom stereocenters. The van der Waals surface area contributed by atoms with Crippen molar-refractivity contribution in [3.8, 4) is 11.5 Å². The third kappa shape index (κ3) is 3.73. The summed E-state index contributed by atoms with van der Waals surface area (Å²) in [5, 5.41) is 26.5. The van der Waals surface area contributed by atoms with E-state index in [1.807, 2.05) is 13.0 Å². The number of rotatable bonds is 5. The van der Waals surface area contributed by atoms with Gasteiger partial charge in [0.2, 0.25) is 0 Å². The number of fused-ring (bicyclic) bond motifs is 1. The van der Waals surface area contributed by atoms with Crippen LogP contribution in [0, 0.1) is 5.92 Å². The summed E-state index contributed by atoms with van der Waals surface area (Å²) in [7, 11) is 2.93. The average Bonchev–Trinajstić information content (AvgIpc) is 2.79. The maximum absolute atomic E-state index is 12.9. The summed E-state index contributed by atoms with van der Waals surface area (Å²) >= 11 is 0. The van der Waals surface area contributed by atoms with Gasteiger partial charge in [0.15, 0.2) is 11.7 Å². The number of phenolic OH excluding ortho intramolecular Hbond substituents is 1. The summed E-state index contributed by atoms with van der Waals surface area (Å²) in [5.41, 5.74) is 2.11. The maximum Gasteiger partial charge on any atom is 0.257 e. The van der Waals surface area contributed by atoms with Gasteiger partial charge in [-0.2, -0.15) is 0 Å². The summed E-state index contributed by atoms with van der Waals surface area (Å²) in [6.07, 6.45) is 2.85. The van der Waals surface area contributed by atoms with Gasteiger partial charge in [-0.15, -0.1) is 0 Å². The lowest BCUT2D eigenvalue weighted by atomic mass is 9.71. The first-order valence-corrected chi connectivity index (χ1v) is 11.1. The fraction of sp³-hybridized carbons (Fsp3) is 0.370. The molecule has 6 nitrogen and oxygen atoms in total. The first-order valence-electron chi connectivity index (χ1n) is 11.1. The Morgan fingerprint density at radius 3 is 2.48 bits per heavy atom. The molecule has 0 saturated heterocycles. The average molecular weight is 450 g/mol. The lowest BCUT2D eigenvalue weighted by Gasteiger charge is -2.41. The molecule has 4 atom stereocenters. The SMILES string of the molecule is C=C(C)[C@H]1CCC(C)=C[C@@H]1c1ccc2c(c1O)[C@@](O)(c1ccc(OC)cc1)[C@H](OC)C(=O)N2. The first kappa shape index (κ1) is 23.1. The molecule has 0 aromatic heterocycles. The van der Waals surface area contributed by atoms with E-state index in [4.69, 9.17) is 9.47 Å². The summed E-state index contributed by atoms with van der Waals surface area (Å²) in [5.74, 6) is 0.170. The van der Waals surface area contributed by atoms with Gasteiger partial charge < -0.3 is 25.0 Å². The molecule has 2 aromatic rings. The lowest BCUT2D eigenvalue weighted by Crippen LogP contribution is -2.52. The second-order valence-electron chi connectivity index (χ2n) is 9.06. The van der Waals surface area contributed by atoms with E-state index in [0.29, 0.717) is 22.6 Å². The normalized spacial score (nSPS) is 26.8. The molecule has 1 heterocycles. The van der Waals surface area contributed by atoms with E-state index < -0.39 is 17.6 Å². The molecular formula is C27H31NO5. The van der Waals surface area contributed by atoms with Crippen molar-refractivity contribution in [1.29, 1.82) is 0 Å². The molecule has 0 saturated carbocycles. The number of amides is 1. The summed E-state index contributed by atoms with van der Waals surface area (Å²) in [6, 6.07) is 10.3. The van der Waals surface area contributed by atoms with Gasteiger partial charge in [-0.1, -0.05) is 42.0 Å². The van der Waals surface area contributed by atoms with E-state index >= 15 is 0 Å². The Morgan fingerprint density at radius 2 is 1.88 bits per heavy atom. The summed E-state index contributed by atoms with van der Waals surface area (Å²) in [6.45, 7) is 8.28. The second kappa shape index (κ2) is 8.69. The number of benzene rings is 2. The van der Waals surface area contributed by atoms with Gasteiger partial charge in [0.1, 0.15) is 11.5 Å². The predicted molar refractivity (Wildman–Crippen MR) is 128 cm³/mol. The number of ether oxygens (including phenoxy) is 2. The molecule has 0 spiro atoms. The van der Waals surface area contributed by atoms with Crippen molar-refractivity contribution in [3.63, 3.8) is 0 Å². The van der Waals surface area contributed by atoms with Gasteiger partial charge >= 0.3 is 0 Å². The smallest absolute Gasteiger partial charge is 0.257 e. The molecule has 3 N–H and O–H groups in total. The van der Waals surface area contributed by atoms with Crippen molar-refractivity contribution in [2.75, 3.05) is 19.5 Å². The first-order chi connectivity index (χ1) is 15.7. The van der Waals surface area contributed by atoms with Crippen LogP contribution in [0.2, 0.25) is 0 Å². The highest BCUT2D eigenvalue weighted by Gasteiger charge is 2.52. The van der Waals surface area contributed by atoms with Crippen LogP contribution in [-0.4, -0.2) is 36.4 Å². The minimum absolute atomic E-state index is 0.0462. The van der Waals surface area contributed by atoms with E-state index in [-0.39, 0.29) is 23.1 Å². The highest BCUT2D eigenvalue weighted by atomic mass is 16.5. The minimum atomic E-state index is -1.90. The van der Waals surface area contributed by atoms with Crippen molar-refractivity contribution in [2.45, 2.75) is 44.3 Å². The molecule has 0 bridgehead atoms. The standard InChI is InChI=1S/C27H31NO5/c1-15(2)19-11-6-16(3)14-21(19)20-12-13-22-23(24(20)29)27(31,25(33-5)26(30)28-22)17-7-9-18(32-4)10-8-17/h7-10,12-14,19,21,25,29,31H,1,6,11H2,2-5H3,(H,28,30)/t19-,21+,25-,27+/m1/s1. The van der Waals surface area contributed by atoms with E-state index in [1.54, 1.807) is 37.4 Å². The van der Waals surface area contributed by atoms with Crippen LogP contribution in [0.25, 0.3) is 0 Å². The topological polar surface area (TPSA) is 88.0 Å². The van der Waals surface area contributed by atoms with Gasteiger partial charge in [-0.05, 0) is 56.4 Å². The third-order valence-corrected chi connectivity index (χ3v) is 6.97. The highest BCUT2D eigenvalue weighted by molar-refractivity contribution is 6.00. The Balaban J connectivity index is 1.95. The van der Waals surface area contributed by atoms with Gasteiger partial charge in [-0.25, -0.2) is 0 Å². The molecule has 0 fully saturated rings. The highest BCUT2D eigenvalue weighted by Crippen LogP contribution is 2.51.